The molecule has 3 aromatic rings. The topological polar surface area (TPSA) is 64.1 Å². The lowest BCUT2D eigenvalue weighted by atomic mass is 9.62. The first kappa shape index (κ1) is 21.1. The lowest BCUT2D eigenvalue weighted by Gasteiger charge is -2.43. The summed E-state index contributed by atoms with van der Waals surface area (Å²) < 4.78 is 5.32. The van der Waals surface area contributed by atoms with E-state index >= 15 is 0 Å². The highest BCUT2D eigenvalue weighted by Crippen LogP contribution is 2.90. The summed E-state index contributed by atoms with van der Waals surface area (Å²) in [5.41, 5.74) is 5.38. The van der Waals surface area contributed by atoms with Crippen molar-refractivity contribution >= 4 is 11.7 Å². The Hall–Kier alpha value is -3.21. The molecule has 5 aliphatic rings. The molecular formula is C30H31N3O2. The largest absolute Gasteiger partial charge is 0.497 e. The molecule has 1 N–H and O–H groups in total. The van der Waals surface area contributed by atoms with Gasteiger partial charge in [-0.3, -0.25) is 4.79 Å². The normalized spacial score (nSPS) is 31.3. The standard InChI is InChI=1S/C30H31N3O2/c1-35-23-9-7-22(8-10-23)25-16-31-27(33-26(34)11-20-5-3-2-4-6-20)24(32-25)15-28-12-21-13-29(17-28)19-30(29,14-21)18-28/h2-10,16,21H,11-15,17-19H2,1H3,(H,31,33,34). The number of nitrogens with one attached hydrogen (secondary N) is 1. The number of carbonyl (C=O) groups is 1. The molecule has 5 heteroatoms. The van der Waals surface area contributed by atoms with Crippen molar-refractivity contribution in [2.75, 3.05) is 12.4 Å². The van der Waals surface area contributed by atoms with Crippen LogP contribution in [0.5, 0.6) is 5.75 Å². The van der Waals surface area contributed by atoms with Crippen LogP contribution in [0, 0.1) is 22.2 Å². The Morgan fingerprint density at radius 2 is 1.74 bits per heavy atom. The quantitative estimate of drug-likeness (QED) is 0.476. The average Bonchev–Trinajstić information content (AvgIpc) is 3.25. The predicted octanol–water partition coefficient (Wildman–Crippen LogP) is 5.85. The number of rotatable bonds is 7. The van der Waals surface area contributed by atoms with Gasteiger partial charge in [-0.2, -0.15) is 0 Å². The molecule has 0 saturated heterocycles. The van der Waals surface area contributed by atoms with Crippen LogP contribution in [-0.2, 0) is 17.6 Å². The first-order chi connectivity index (χ1) is 17.0. The average molecular weight is 466 g/mol. The molecule has 5 aliphatic carbocycles. The fraction of sp³-hybridized carbons (Fsp3) is 0.433. The van der Waals surface area contributed by atoms with Gasteiger partial charge in [0.15, 0.2) is 5.82 Å². The summed E-state index contributed by atoms with van der Waals surface area (Å²) in [6, 6.07) is 17.8. The molecule has 178 valence electrons. The number of anilines is 1. The highest BCUT2D eigenvalue weighted by atomic mass is 16.5. The fourth-order valence-corrected chi connectivity index (χ4v) is 8.47. The Labute approximate surface area is 206 Å². The van der Waals surface area contributed by atoms with Crippen LogP contribution in [0.25, 0.3) is 11.3 Å². The molecule has 35 heavy (non-hydrogen) atoms. The Bertz CT molecular complexity index is 1280. The summed E-state index contributed by atoms with van der Waals surface area (Å²) in [4.78, 5) is 22.8. The van der Waals surface area contributed by atoms with Crippen molar-refractivity contribution < 1.29 is 9.53 Å². The maximum atomic E-state index is 12.9. The summed E-state index contributed by atoms with van der Waals surface area (Å²) in [6.07, 6.45) is 11.4. The zero-order valence-electron chi connectivity index (χ0n) is 20.2. The van der Waals surface area contributed by atoms with Gasteiger partial charge in [0, 0.05) is 5.56 Å². The smallest absolute Gasteiger partial charge is 0.229 e. The second-order valence-corrected chi connectivity index (χ2v) is 11.7. The van der Waals surface area contributed by atoms with E-state index in [2.05, 4.69) is 5.32 Å². The van der Waals surface area contributed by atoms with Gasteiger partial charge in [0.1, 0.15) is 5.75 Å². The van der Waals surface area contributed by atoms with Crippen molar-refractivity contribution in [3.05, 3.63) is 72.1 Å². The van der Waals surface area contributed by atoms with Gasteiger partial charge in [0.2, 0.25) is 5.91 Å². The number of aromatic nitrogens is 2. The maximum Gasteiger partial charge on any atom is 0.229 e. The van der Waals surface area contributed by atoms with Crippen LogP contribution >= 0.6 is 0 Å². The van der Waals surface area contributed by atoms with Crippen LogP contribution in [-0.4, -0.2) is 23.0 Å². The van der Waals surface area contributed by atoms with E-state index in [1.54, 1.807) is 13.3 Å². The Kier molecular flexibility index (Phi) is 4.46. The van der Waals surface area contributed by atoms with Crippen LogP contribution in [0.1, 0.15) is 49.8 Å². The van der Waals surface area contributed by atoms with Crippen LogP contribution < -0.4 is 10.1 Å². The van der Waals surface area contributed by atoms with Crippen molar-refractivity contribution in [1.82, 2.24) is 9.97 Å². The zero-order valence-corrected chi connectivity index (χ0v) is 20.2. The molecule has 5 nitrogen and oxygen atoms in total. The summed E-state index contributed by atoms with van der Waals surface area (Å²) in [6.45, 7) is 0. The molecule has 2 atom stereocenters. The molecule has 1 amide bonds. The van der Waals surface area contributed by atoms with Gasteiger partial charge >= 0.3 is 0 Å². The van der Waals surface area contributed by atoms with E-state index in [0.717, 1.165) is 40.6 Å². The van der Waals surface area contributed by atoms with E-state index in [1.165, 1.54) is 38.5 Å². The van der Waals surface area contributed by atoms with E-state index in [4.69, 9.17) is 14.7 Å². The molecule has 2 unspecified atom stereocenters. The number of methoxy groups -OCH3 is 1. The van der Waals surface area contributed by atoms with Crippen molar-refractivity contribution in [3.8, 4) is 17.0 Å². The lowest BCUT2D eigenvalue weighted by Crippen LogP contribution is -2.35. The van der Waals surface area contributed by atoms with E-state index in [9.17, 15) is 4.79 Å². The summed E-state index contributed by atoms with van der Waals surface area (Å²) in [5, 5.41) is 3.11. The Morgan fingerprint density at radius 3 is 2.43 bits per heavy atom. The highest BCUT2D eigenvalue weighted by molar-refractivity contribution is 5.92. The van der Waals surface area contributed by atoms with E-state index in [0.29, 0.717) is 28.5 Å². The molecule has 0 aliphatic heterocycles. The highest BCUT2D eigenvalue weighted by Gasteiger charge is 2.81. The van der Waals surface area contributed by atoms with E-state index in [1.807, 2.05) is 54.6 Å². The maximum absolute atomic E-state index is 12.9. The summed E-state index contributed by atoms with van der Waals surface area (Å²) in [7, 11) is 1.67. The lowest BCUT2D eigenvalue weighted by molar-refractivity contribution is -0.115. The van der Waals surface area contributed by atoms with Gasteiger partial charge in [-0.1, -0.05) is 30.3 Å². The van der Waals surface area contributed by atoms with Crippen molar-refractivity contribution in [3.63, 3.8) is 0 Å². The predicted molar refractivity (Wildman–Crippen MR) is 135 cm³/mol. The molecule has 1 aromatic heterocycles. The molecule has 8 rings (SSSR count). The third kappa shape index (κ3) is 3.39. The fourth-order valence-electron chi connectivity index (χ4n) is 8.47. The minimum absolute atomic E-state index is 0.0442. The SMILES string of the molecule is COc1ccc(-c2cnc(NC(=O)Cc3ccccc3)c(CC34CC5CC6(C3)CC6(C5)C4)n2)cc1. The third-order valence-electron chi connectivity index (χ3n) is 9.42. The number of benzene rings is 2. The van der Waals surface area contributed by atoms with Gasteiger partial charge in [0.25, 0.3) is 0 Å². The van der Waals surface area contributed by atoms with Crippen LogP contribution in [0.4, 0.5) is 5.82 Å². The first-order valence-corrected chi connectivity index (χ1v) is 12.8. The molecule has 2 spiro atoms. The van der Waals surface area contributed by atoms with Gasteiger partial charge in [-0.25, -0.2) is 9.97 Å². The first-order valence-electron chi connectivity index (χ1n) is 12.8. The molecule has 1 heterocycles. The van der Waals surface area contributed by atoms with E-state index in [-0.39, 0.29) is 5.91 Å². The summed E-state index contributed by atoms with van der Waals surface area (Å²) in [5.74, 6) is 2.29. The number of hydrogen-bond acceptors (Lipinski definition) is 4. The zero-order chi connectivity index (χ0) is 23.7. The summed E-state index contributed by atoms with van der Waals surface area (Å²) >= 11 is 0. The van der Waals surface area contributed by atoms with Gasteiger partial charge in [-0.05, 0) is 96.9 Å². The Morgan fingerprint density at radius 1 is 1.00 bits per heavy atom. The Balaban J connectivity index is 1.19. The minimum atomic E-state index is -0.0442. The number of amides is 1. The van der Waals surface area contributed by atoms with Crippen molar-refractivity contribution in [2.45, 2.75) is 51.4 Å². The van der Waals surface area contributed by atoms with Crippen molar-refractivity contribution in [2.24, 2.45) is 22.2 Å². The second-order valence-electron chi connectivity index (χ2n) is 11.7. The number of hydrogen-bond donors (Lipinski definition) is 1. The van der Waals surface area contributed by atoms with Crippen molar-refractivity contribution in [1.29, 1.82) is 0 Å². The minimum Gasteiger partial charge on any atom is -0.497 e. The van der Waals surface area contributed by atoms with Crippen LogP contribution in [0.3, 0.4) is 0 Å². The molecule has 4 bridgehead atoms. The molecule has 2 aromatic carbocycles. The molecular weight excluding hydrogens is 434 g/mol. The number of ether oxygens (including phenoxy) is 1. The molecule has 0 radical (unpaired) electrons. The second kappa shape index (κ2) is 7.39. The number of nitrogens with zero attached hydrogens (tertiary/aromatic N) is 2. The van der Waals surface area contributed by atoms with Gasteiger partial charge in [0.05, 0.1) is 31.1 Å². The van der Waals surface area contributed by atoms with E-state index < -0.39 is 0 Å². The molecule has 5 saturated carbocycles. The van der Waals surface area contributed by atoms with Crippen LogP contribution in [0.15, 0.2) is 60.8 Å². The van der Waals surface area contributed by atoms with Crippen LogP contribution in [0.2, 0.25) is 0 Å². The third-order valence-corrected chi connectivity index (χ3v) is 9.42. The number of carbonyl (C=O) groups excluding carboxylic acids is 1. The van der Waals surface area contributed by atoms with Gasteiger partial charge < -0.3 is 10.1 Å². The molecule has 5 fully saturated rings. The van der Waals surface area contributed by atoms with Gasteiger partial charge in [-0.15, -0.1) is 0 Å². The monoisotopic (exact) mass is 465 g/mol.